The van der Waals surface area contributed by atoms with Crippen molar-refractivity contribution in [3.63, 3.8) is 0 Å². The summed E-state index contributed by atoms with van der Waals surface area (Å²) in [5.74, 6) is 0.682. The Kier molecular flexibility index (Phi) is 6.55. The molecule has 0 aliphatic rings. The van der Waals surface area contributed by atoms with Crippen molar-refractivity contribution >= 4 is 23.2 Å². The van der Waals surface area contributed by atoms with E-state index in [9.17, 15) is 0 Å². The summed E-state index contributed by atoms with van der Waals surface area (Å²) < 4.78 is 5.58. The van der Waals surface area contributed by atoms with Gasteiger partial charge in [0.25, 0.3) is 0 Å². The van der Waals surface area contributed by atoms with Crippen LogP contribution in [-0.4, -0.2) is 13.2 Å². The maximum atomic E-state index is 6.20. The van der Waals surface area contributed by atoms with Gasteiger partial charge in [-0.05, 0) is 43.7 Å². The van der Waals surface area contributed by atoms with Crippen molar-refractivity contribution in [3.05, 3.63) is 39.9 Å². The minimum atomic E-state index is 0.283. The predicted molar refractivity (Wildman–Crippen MR) is 78.6 cm³/mol. The molecule has 0 spiro atoms. The minimum absolute atomic E-state index is 0.283. The molecule has 0 aliphatic heterocycles. The third kappa shape index (κ3) is 4.52. The largest absolute Gasteiger partial charge is 0.488 e. The summed E-state index contributed by atoms with van der Waals surface area (Å²) in [5.41, 5.74) is 3.62. The first kappa shape index (κ1) is 15.4. The Bertz CT molecular complexity index is 418. The van der Waals surface area contributed by atoms with Gasteiger partial charge in [-0.1, -0.05) is 36.2 Å². The van der Waals surface area contributed by atoms with Crippen LogP contribution < -0.4 is 10.1 Å². The van der Waals surface area contributed by atoms with Gasteiger partial charge < -0.3 is 10.1 Å². The van der Waals surface area contributed by atoms with Gasteiger partial charge in [-0.25, -0.2) is 0 Å². The third-order valence-corrected chi connectivity index (χ3v) is 3.28. The van der Waals surface area contributed by atoms with Crippen LogP contribution in [0.1, 0.15) is 32.4 Å². The zero-order valence-electron chi connectivity index (χ0n) is 11.0. The molecule has 1 unspecified atom stereocenters. The van der Waals surface area contributed by atoms with E-state index in [0.29, 0.717) is 17.4 Å². The summed E-state index contributed by atoms with van der Waals surface area (Å²) in [4.78, 5) is 0. The molecule has 0 fully saturated rings. The van der Waals surface area contributed by atoms with Crippen molar-refractivity contribution in [1.82, 2.24) is 5.32 Å². The fraction of sp³-hybridized carbons (Fsp3) is 0.429. The second-order valence-electron chi connectivity index (χ2n) is 4.21. The zero-order chi connectivity index (χ0) is 13.5. The molecule has 0 bridgehead atoms. The van der Waals surface area contributed by atoms with Gasteiger partial charge in [0, 0.05) is 11.6 Å². The van der Waals surface area contributed by atoms with E-state index in [0.717, 1.165) is 17.7 Å². The molecule has 0 heterocycles. The maximum absolute atomic E-state index is 6.20. The number of rotatable bonds is 6. The van der Waals surface area contributed by atoms with E-state index in [1.54, 1.807) is 0 Å². The Balaban J connectivity index is 2.73. The second kappa shape index (κ2) is 7.67. The van der Waals surface area contributed by atoms with Gasteiger partial charge in [0.2, 0.25) is 0 Å². The number of ether oxygens (including phenoxy) is 1. The van der Waals surface area contributed by atoms with Crippen LogP contribution in [0.25, 0.3) is 0 Å². The summed E-state index contributed by atoms with van der Waals surface area (Å²) in [7, 11) is 0. The van der Waals surface area contributed by atoms with Crippen molar-refractivity contribution in [2.75, 3.05) is 13.2 Å². The molecule has 0 aromatic heterocycles. The van der Waals surface area contributed by atoms with E-state index in [1.165, 1.54) is 5.54 Å². The van der Waals surface area contributed by atoms with Gasteiger partial charge in [0.1, 0.15) is 12.4 Å². The van der Waals surface area contributed by atoms with E-state index in [-0.39, 0.29) is 6.04 Å². The van der Waals surface area contributed by atoms with Crippen molar-refractivity contribution in [1.29, 1.82) is 0 Å². The molecule has 1 atom stereocenters. The number of benzene rings is 1. The molecule has 1 rings (SSSR count). The van der Waals surface area contributed by atoms with Gasteiger partial charge in [0.15, 0.2) is 0 Å². The highest BCUT2D eigenvalue weighted by Crippen LogP contribution is 2.28. The second-order valence-corrected chi connectivity index (χ2v) is 4.84. The zero-order valence-corrected chi connectivity index (χ0v) is 12.5. The molecule has 0 aliphatic carbocycles. The standard InChI is InChI=1S/C14H19Cl2NO/c1-4-17-11(3)12-5-6-14(13(16)7-12)18-9-10(2)8-15/h5-8,11,17H,4,9H2,1-3H3/b10-8+. The molecule has 0 saturated heterocycles. The summed E-state index contributed by atoms with van der Waals surface area (Å²) in [6, 6.07) is 6.14. The summed E-state index contributed by atoms with van der Waals surface area (Å²) >= 11 is 11.8. The average molecular weight is 288 g/mol. The van der Waals surface area contributed by atoms with E-state index >= 15 is 0 Å². The highest BCUT2D eigenvalue weighted by Gasteiger charge is 2.08. The first-order valence-corrected chi connectivity index (χ1v) is 6.81. The van der Waals surface area contributed by atoms with Crippen LogP contribution in [-0.2, 0) is 0 Å². The SMILES string of the molecule is CCNC(C)c1ccc(OC/C(C)=C/Cl)c(Cl)c1. The van der Waals surface area contributed by atoms with Gasteiger partial charge >= 0.3 is 0 Å². The number of hydrogen-bond acceptors (Lipinski definition) is 2. The van der Waals surface area contributed by atoms with Crippen LogP contribution in [0.3, 0.4) is 0 Å². The van der Waals surface area contributed by atoms with E-state index < -0.39 is 0 Å². The van der Waals surface area contributed by atoms with Crippen LogP contribution in [0.2, 0.25) is 5.02 Å². The average Bonchev–Trinajstić information content (AvgIpc) is 2.37. The quantitative estimate of drug-likeness (QED) is 0.830. The normalized spacial score (nSPS) is 13.5. The molecule has 18 heavy (non-hydrogen) atoms. The molecule has 1 aromatic carbocycles. The summed E-state index contributed by atoms with van der Waals surface area (Å²) in [6.07, 6.45) is 0. The topological polar surface area (TPSA) is 21.3 Å². The number of hydrogen-bond donors (Lipinski definition) is 1. The lowest BCUT2D eigenvalue weighted by atomic mass is 10.1. The molecule has 0 saturated carbocycles. The summed E-state index contributed by atoms with van der Waals surface area (Å²) in [6.45, 7) is 7.47. The van der Waals surface area contributed by atoms with E-state index in [1.807, 2.05) is 25.1 Å². The van der Waals surface area contributed by atoms with Gasteiger partial charge in [0.05, 0.1) is 5.02 Å². The lowest BCUT2D eigenvalue weighted by molar-refractivity contribution is 0.352. The molecular weight excluding hydrogens is 269 g/mol. The lowest BCUT2D eigenvalue weighted by Gasteiger charge is -2.15. The highest BCUT2D eigenvalue weighted by molar-refractivity contribution is 6.32. The predicted octanol–water partition coefficient (Wildman–Crippen LogP) is 4.53. The molecule has 4 heteroatoms. The van der Waals surface area contributed by atoms with Crippen LogP contribution in [0, 0.1) is 0 Å². The maximum Gasteiger partial charge on any atom is 0.138 e. The molecule has 0 amide bonds. The van der Waals surface area contributed by atoms with Gasteiger partial charge in [-0.3, -0.25) is 0 Å². The van der Waals surface area contributed by atoms with Crippen LogP contribution >= 0.6 is 23.2 Å². The number of nitrogens with one attached hydrogen (secondary N) is 1. The number of halogens is 2. The minimum Gasteiger partial charge on any atom is -0.488 e. The Morgan fingerprint density at radius 1 is 1.50 bits per heavy atom. The van der Waals surface area contributed by atoms with Crippen LogP contribution in [0.15, 0.2) is 29.3 Å². The van der Waals surface area contributed by atoms with E-state index in [2.05, 4.69) is 19.2 Å². The van der Waals surface area contributed by atoms with Gasteiger partial charge in [-0.15, -0.1) is 0 Å². The summed E-state index contributed by atoms with van der Waals surface area (Å²) in [5, 5.41) is 3.97. The Labute approximate surface area is 119 Å². The Hall–Kier alpha value is -0.700. The third-order valence-electron chi connectivity index (χ3n) is 2.61. The molecule has 2 nitrogen and oxygen atoms in total. The van der Waals surface area contributed by atoms with Crippen molar-refractivity contribution in [2.45, 2.75) is 26.8 Å². The van der Waals surface area contributed by atoms with Crippen molar-refractivity contribution in [3.8, 4) is 5.75 Å². The van der Waals surface area contributed by atoms with Crippen LogP contribution in [0.5, 0.6) is 5.75 Å². The first-order chi connectivity index (χ1) is 8.58. The molecule has 100 valence electrons. The Morgan fingerprint density at radius 3 is 2.78 bits per heavy atom. The molecule has 1 N–H and O–H groups in total. The first-order valence-electron chi connectivity index (χ1n) is 6.00. The van der Waals surface area contributed by atoms with E-state index in [4.69, 9.17) is 27.9 Å². The van der Waals surface area contributed by atoms with Crippen molar-refractivity contribution in [2.24, 2.45) is 0 Å². The smallest absolute Gasteiger partial charge is 0.138 e. The Morgan fingerprint density at radius 2 is 2.22 bits per heavy atom. The fourth-order valence-corrected chi connectivity index (χ4v) is 1.86. The fourth-order valence-electron chi connectivity index (χ4n) is 1.55. The molecule has 1 aromatic rings. The van der Waals surface area contributed by atoms with Crippen molar-refractivity contribution < 1.29 is 4.74 Å². The van der Waals surface area contributed by atoms with Gasteiger partial charge in [-0.2, -0.15) is 0 Å². The lowest BCUT2D eigenvalue weighted by Crippen LogP contribution is -2.17. The van der Waals surface area contributed by atoms with Crippen LogP contribution in [0.4, 0.5) is 0 Å². The molecule has 0 radical (unpaired) electrons. The molecular formula is C14H19Cl2NO. The monoisotopic (exact) mass is 287 g/mol. The highest BCUT2D eigenvalue weighted by atomic mass is 35.5.